The highest BCUT2D eigenvalue weighted by molar-refractivity contribution is 5.76. The van der Waals surface area contributed by atoms with E-state index in [0.29, 0.717) is 19.4 Å². The predicted molar refractivity (Wildman–Crippen MR) is 292 cm³/mol. The number of amides is 1. The van der Waals surface area contributed by atoms with Crippen LogP contribution >= 0.6 is 0 Å². The number of aliphatic hydroxyl groups is 5. The number of aliphatic hydroxyl groups excluding tert-OH is 5. The monoisotopic (exact) mass is 1010 g/mol. The van der Waals surface area contributed by atoms with Gasteiger partial charge in [-0.1, -0.05) is 237 Å². The van der Waals surface area contributed by atoms with E-state index in [4.69, 9.17) is 14.2 Å². The maximum absolute atomic E-state index is 13.0. The van der Waals surface area contributed by atoms with Crippen LogP contribution < -0.4 is 5.32 Å². The minimum absolute atomic E-state index is 0.00551. The van der Waals surface area contributed by atoms with Gasteiger partial charge < -0.3 is 45.1 Å². The van der Waals surface area contributed by atoms with Crippen LogP contribution in [0, 0.1) is 0 Å². The van der Waals surface area contributed by atoms with Gasteiger partial charge in [0.05, 0.1) is 32.0 Å². The molecule has 7 atom stereocenters. The topological polar surface area (TPSA) is 175 Å². The lowest BCUT2D eigenvalue weighted by atomic mass is 9.99. The Hall–Kier alpha value is -1.86. The summed E-state index contributed by atoms with van der Waals surface area (Å²) < 4.78 is 16.7. The zero-order chi connectivity index (χ0) is 51.7. The molecule has 1 saturated heterocycles. The van der Waals surface area contributed by atoms with Gasteiger partial charge in [-0.05, 0) is 57.8 Å². The van der Waals surface area contributed by atoms with Crippen LogP contribution in [0.25, 0.3) is 0 Å². The summed E-state index contributed by atoms with van der Waals surface area (Å²) in [4.78, 5) is 25.0. The summed E-state index contributed by atoms with van der Waals surface area (Å²) in [7, 11) is 0. The molecule has 6 N–H and O–H groups in total. The predicted octanol–water partition coefficient (Wildman–Crippen LogP) is 13.7. The van der Waals surface area contributed by atoms with E-state index in [2.05, 4.69) is 31.3 Å². The fraction of sp³-hybridized carbons (Fsp3) is 0.900. The number of nitrogens with one attached hydrogen (secondary N) is 1. The van der Waals surface area contributed by atoms with Crippen LogP contribution in [0.1, 0.15) is 284 Å². The van der Waals surface area contributed by atoms with Crippen molar-refractivity contribution in [2.75, 3.05) is 19.8 Å². The zero-order valence-electron chi connectivity index (χ0n) is 45.9. The van der Waals surface area contributed by atoms with Gasteiger partial charge >= 0.3 is 5.97 Å². The van der Waals surface area contributed by atoms with Gasteiger partial charge in [-0.2, -0.15) is 0 Å². The number of ether oxygens (including phenoxy) is 3. The molecule has 1 fully saturated rings. The highest BCUT2D eigenvalue weighted by Gasteiger charge is 2.44. The molecular formula is C60H113NO10. The van der Waals surface area contributed by atoms with Crippen molar-refractivity contribution < 1.29 is 49.3 Å². The van der Waals surface area contributed by atoms with E-state index in [-0.39, 0.29) is 18.5 Å². The minimum Gasteiger partial charge on any atom is -0.466 e. The Morgan fingerprint density at radius 3 is 1.35 bits per heavy atom. The van der Waals surface area contributed by atoms with E-state index < -0.39 is 49.5 Å². The van der Waals surface area contributed by atoms with Crippen LogP contribution in [0.4, 0.5) is 0 Å². The second-order valence-corrected chi connectivity index (χ2v) is 21.1. The van der Waals surface area contributed by atoms with Gasteiger partial charge in [0, 0.05) is 12.8 Å². The van der Waals surface area contributed by atoms with Crippen LogP contribution in [0.15, 0.2) is 24.3 Å². The molecule has 1 heterocycles. The molecule has 1 amide bonds. The van der Waals surface area contributed by atoms with Gasteiger partial charge in [-0.3, -0.25) is 9.59 Å². The lowest BCUT2D eigenvalue weighted by Crippen LogP contribution is -2.60. The fourth-order valence-corrected chi connectivity index (χ4v) is 9.49. The van der Waals surface area contributed by atoms with Crippen LogP contribution in [0.2, 0.25) is 0 Å². The van der Waals surface area contributed by atoms with Crippen molar-refractivity contribution in [3.05, 3.63) is 24.3 Å². The molecule has 0 aromatic heterocycles. The molecular weight excluding hydrogens is 895 g/mol. The summed E-state index contributed by atoms with van der Waals surface area (Å²) in [6, 6.07) is -0.814. The van der Waals surface area contributed by atoms with Gasteiger partial charge in [0.1, 0.15) is 24.4 Å². The molecule has 418 valence electrons. The molecule has 11 heteroatoms. The van der Waals surface area contributed by atoms with Crippen molar-refractivity contribution in [1.29, 1.82) is 0 Å². The minimum atomic E-state index is -1.57. The Morgan fingerprint density at radius 2 is 0.901 bits per heavy atom. The molecule has 0 radical (unpaired) electrons. The third kappa shape index (κ3) is 40.2. The Labute approximate surface area is 435 Å². The summed E-state index contributed by atoms with van der Waals surface area (Å²) in [5.41, 5.74) is 0. The molecule has 1 aliphatic heterocycles. The number of hydrogen-bond acceptors (Lipinski definition) is 10. The quantitative estimate of drug-likeness (QED) is 0.0195. The lowest BCUT2D eigenvalue weighted by molar-refractivity contribution is -0.302. The van der Waals surface area contributed by atoms with Crippen LogP contribution in [-0.4, -0.2) is 100 Å². The van der Waals surface area contributed by atoms with Gasteiger partial charge in [-0.25, -0.2) is 0 Å². The average Bonchev–Trinajstić information content (AvgIpc) is 3.37. The maximum atomic E-state index is 13.0. The first-order valence-corrected chi connectivity index (χ1v) is 30.1. The third-order valence-electron chi connectivity index (χ3n) is 14.3. The molecule has 0 bridgehead atoms. The second-order valence-electron chi connectivity index (χ2n) is 21.1. The largest absolute Gasteiger partial charge is 0.466 e. The summed E-state index contributed by atoms with van der Waals surface area (Å²) in [5.74, 6) is -0.198. The van der Waals surface area contributed by atoms with Crippen LogP contribution in [0.3, 0.4) is 0 Å². The van der Waals surface area contributed by atoms with Gasteiger partial charge in [-0.15, -0.1) is 0 Å². The first-order chi connectivity index (χ1) is 34.7. The van der Waals surface area contributed by atoms with Crippen molar-refractivity contribution in [1.82, 2.24) is 5.32 Å². The van der Waals surface area contributed by atoms with Crippen molar-refractivity contribution in [3.63, 3.8) is 0 Å². The summed E-state index contributed by atoms with van der Waals surface area (Å²) in [5, 5.41) is 54.2. The molecule has 0 aliphatic carbocycles. The maximum Gasteiger partial charge on any atom is 0.305 e. The SMILES string of the molecule is CCCCCCCCC/C=C/C(O)C(COC1OC(CO)C(O)C(O)C1O)NC(=O)CCCCCCCCC/C=C\CCCCCCCCCCCOC(=O)CCCCCCCCCCCCCCCC. The second kappa shape index (κ2) is 50.3. The lowest BCUT2D eigenvalue weighted by Gasteiger charge is -2.40. The van der Waals surface area contributed by atoms with Crippen LogP contribution in [0.5, 0.6) is 0 Å². The Kier molecular flexibility index (Phi) is 47.6. The summed E-state index contributed by atoms with van der Waals surface area (Å²) in [6.45, 7) is 4.31. The van der Waals surface area contributed by atoms with E-state index in [0.717, 1.165) is 77.0 Å². The molecule has 1 rings (SSSR count). The highest BCUT2D eigenvalue weighted by Crippen LogP contribution is 2.23. The zero-order valence-corrected chi connectivity index (χ0v) is 45.9. The first-order valence-electron chi connectivity index (χ1n) is 30.1. The van der Waals surface area contributed by atoms with Crippen LogP contribution in [-0.2, 0) is 23.8 Å². The van der Waals surface area contributed by atoms with E-state index >= 15 is 0 Å². The summed E-state index contributed by atoms with van der Waals surface area (Å²) >= 11 is 0. The molecule has 71 heavy (non-hydrogen) atoms. The Bertz CT molecular complexity index is 1230. The standard InChI is InChI=1S/C60H113NO10/c1-3-5-7-9-11-13-14-15-25-28-32-36-40-44-48-56(65)69-49-45-41-37-33-29-26-23-21-19-17-16-18-20-22-24-27-31-35-39-43-47-55(64)61-52(53(63)46-42-38-34-30-12-10-8-6-4-2)51-70-60-59(68)58(67)57(66)54(50-62)71-60/h16,18,42,46,52-54,57-60,62-63,66-68H,3-15,17,19-41,43-45,47-51H2,1-2H3,(H,61,64)/b18-16-,46-42+. The Morgan fingerprint density at radius 1 is 0.507 bits per heavy atom. The van der Waals surface area contributed by atoms with E-state index in [1.165, 1.54) is 180 Å². The molecule has 0 spiro atoms. The number of carbonyl (C=O) groups excluding carboxylic acids is 2. The molecule has 0 saturated carbocycles. The molecule has 0 aromatic rings. The number of esters is 1. The normalized spacial score (nSPS) is 19.2. The van der Waals surface area contributed by atoms with Gasteiger partial charge in [0.15, 0.2) is 6.29 Å². The Balaban J connectivity index is 2.02. The number of hydrogen-bond donors (Lipinski definition) is 6. The number of unbranched alkanes of at least 4 members (excludes halogenated alkanes) is 36. The number of allylic oxidation sites excluding steroid dienone is 3. The van der Waals surface area contributed by atoms with Gasteiger partial charge in [0.2, 0.25) is 5.91 Å². The van der Waals surface area contributed by atoms with Crippen molar-refractivity contribution >= 4 is 11.9 Å². The molecule has 1 aliphatic rings. The van der Waals surface area contributed by atoms with E-state index in [9.17, 15) is 35.1 Å². The molecule has 11 nitrogen and oxygen atoms in total. The van der Waals surface area contributed by atoms with Crippen molar-refractivity contribution in [3.8, 4) is 0 Å². The van der Waals surface area contributed by atoms with E-state index in [1.54, 1.807) is 6.08 Å². The number of rotatable bonds is 52. The summed E-state index contributed by atoms with van der Waals surface area (Å²) in [6.07, 6.45) is 50.0. The van der Waals surface area contributed by atoms with Crippen molar-refractivity contribution in [2.24, 2.45) is 0 Å². The number of carbonyl (C=O) groups is 2. The average molecular weight is 1010 g/mol. The van der Waals surface area contributed by atoms with Crippen molar-refractivity contribution in [2.45, 2.75) is 326 Å². The molecule has 0 aromatic carbocycles. The van der Waals surface area contributed by atoms with E-state index in [1.807, 2.05) is 6.08 Å². The molecule has 7 unspecified atom stereocenters. The highest BCUT2D eigenvalue weighted by atomic mass is 16.7. The third-order valence-corrected chi connectivity index (χ3v) is 14.3. The van der Waals surface area contributed by atoms with Gasteiger partial charge in [0.25, 0.3) is 0 Å². The first kappa shape index (κ1) is 67.2. The smallest absolute Gasteiger partial charge is 0.305 e. The fourth-order valence-electron chi connectivity index (χ4n) is 9.49.